The van der Waals surface area contributed by atoms with Gasteiger partial charge in [0.1, 0.15) is 0 Å². The molecule has 8 heteroatoms. The number of carbonyl (C=O) groups excluding carboxylic acids is 2. The third-order valence-electron chi connectivity index (χ3n) is 3.69. The van der Waals surface area contributed by atoms with E-state index in [2.05, 4.69) is 17.2 Å². The average Bonchev–Trinajstić information content (AvgIpc) is 2.50. The molecule has 0 radical (unpaired) electrons. The Morgan fingerprint density at radius 1 is 0.880 bits per heavy atom. The van der Waals surface area contributed by atoms with E-state index in [1.165, 1.54) is 0 Å². The van der Waals surface area contributed by atoms with Crippen LogP contribution in [0.3, 0.4) is 0 Å². The van der Waals surface area contributed by atoms with Gasteiger partial charge in [-0.1, -0.05) is 45.1 Å². The van der Waals surface area contributed by atoms with Crippen molar-refractivity contribution in [3.05, 3.63) is 12.2 Å². The van der Waals surface area contributed by atoms with Gasteiger partial charge in [0.25, 0.3) is 10.1 Å². The van der Waals surface area contributed by atoms with Gasteiger partial charge < -0.3 is 10.6 Å². The van der Waals surface area contributed by atoms with Gasteiger partial charge in [0.2, 0.25) is 11.8 Å². The van der Waals surface area contributed by atoms with Gasteiger partial charge >= 0.3 is 0 Å². The Morgan fingerprint density at radius 2 is 1.40 bits per heavy atom. The molecule has 0 aliphatic carbocycles. The Kier molecular flexibility index (Phi) is 13.1. The molecule has 25 heavy (non-hydrogen) atoms. The van der Waals surface area contributed by atoms with Crippen molar-refractivity contribution < 1.29 is 22.6 Å². The summed E-state index contributed by atoms with van der Waals surface area (Å²) in [5.41, 5.74) is 0.534. The molecule has 146 valence electrons. The summed E-state index contributed by atoms with van der Waals surface area (Å²) in [6, 6.07) is 0. The SMILES string of the molecule is C=C(C)C(=O)NCCCCCCCCCCC(=O)NCCS(=O)(=O)O. The van der Waals surface area contributed by atoms with Crippen molar-refractivity contribution >= 4 is 21.9 Å². The lowest BCUT2D eigenvalue weighted by Gasteiger charge is -2.05. The monoisotopic (exact) mass is 376 g/mol. The molecule has 7 nitrogen and oxygen atoms in total. The van der Waals surface area contributed by atoms with E-state index in [9.17, 15) is 18.0 Å². The zero-order valence-electron chi connectivity index (χ0n) is 15.2. The highest BCUT2D eigenvalue weighted by Gasteiger charge is 2.06. The number of nitrogens with one attached hydrogen (secondary N) is 2. The Morgan fingerprint density at radius 3 is 1.92 bits per heavy atom. The van der Waals surface area contributed by atoms with Crippen molar-refractivity contribution in [2.24, 2.45) is 0 Å². The Hall–Kier alpha value is -1.41. The molecule has 0 aromatic heterocycles. The molecule has 0 fully saturated rings. The van der Waals surface area contributed by atoms with E-state index in [0.29, 0.717) is 18.5 Å². The normalized spacial score (nSPS) is 11.1. The Balaban J connectivity index is 3.32. The first-order valence-corrected chi connectivity index (χ1v) is 10.5. The van der Waals surface area contributed by atoms with Gasteiger partial charge in [0, 0.05) is 25.1 Å². The summed E-state index contributed by atoms with van der Waals surface area (Å²) >= 11 is 0. The van der Waals surface area contributed by atoms with Gasteiger partial charge in [-0.2, -0.15) is 8.42 Å². The van der Waals surface area contributed by atoms with Gasteiger partial charge in [-0.25, -0.2) is 0 Å². The molecule has 0 unspecified atom stereocenters. The van der Waals surface area contributed by atoms with E-state index in [1.807, 2.05) is 0 Å². The van der Waals surface area contributed by atoms with Gasteiger partial charge in [0.05, 0.1) is 5.75 Å². The minimum atomic E-state index is -4.01. The maximum atomic E-state index is 11.4. The second-order valence-corrected chi connectivity index (χ2v) is 7.82. The Labute approximate surface area is 151 Å². The van der Waals surface area contributed by atoms with Crippen LogP contribution in [0.25, 0.3) is 0 Å². The molecule has 3 N–H and O–H groups in total. The van der Waals surface area contributed by atoms with E-state index < -0.39 is 15.9 Å². The first-order chi connectivity index (χ1) is 11.7. The van der Waals surface area contributed by atoms with E-state index in [0.717, 1.165) is 51.4 Å². The van der Waals surface area contributed by atoms with Crippen molar-refractivity contribution in [2.75, 3.05) is 18.8 Å². The Bertz CT molecular complexity index is 517. The molecule has 0 rings (SSSR count). The van der Waals surface area contributed by atoms with Crippen LogP contribution in [0.5, 0.6) is 0 Å². The van der Waals surface area contributed by atoms with Gasteiger partial charge in [-0.15, -0.1) is 0 Å². The number of carbonyl (C=O) groups is 2. The molecule has 2 amide bonds. The number of hydrogen-bond acceptors (Lipinski definition) is 4. The third-order valence-corrected chi connectivity index (χ3v) is 4.41. The minimum absolute atomic E-state index is 0.0511. The number of rotatable bonds is 15. The second kappa shape index (κ2) is 13.8. The zero-order chi connectivity index (χ0) is 19.1. The van der Waals surface area contributed by atoms with Crippen LogP contribution in [0, 0.1) is 0 Å². The van der Waals surface area contributed by atoms with Crippen LogP contribution in [0.2, 0.25) is 0 Å². The lowest BCUT2D eigenvalue weighted by molar-refractivity contribution is -0.121. The lowest BCUT2D eigenvalue weighted by Crippen LogP contribution is -2.28. The molecule has 0 aromatic carbocycles. The maximum Gasteiger partial charge on any atom is 0.266 e. The summed E-state index contributed by atoms with van der Waals surface area (Å²) < 4.78 is 29.5. The first-order valence-electron chi connectivity index (χ1n) is 8.88. The number of unbranched alkanes of at least 4 members (excludes halogenated alkanes) is 7. The molecule has 0 saturated heterocycles. The predicted octanol–water partition coefficient (Wildman–Crippen LogP) is 2.19. The zero-order valence-corrected chi connectivity index (χ0v) is 16.0. The highest BCUT2D eigenvalue weighted by atomic mass is 32.2. The standard InChI is InChI=1S/C17H32N2O5S/c1-15(2)17(21)19-12-10-8-6-4-3-5-7-9-11-16(20)18-13-14-25(22,23)24/h1,3-14H2,2H3,(H,18,20)(H,19,21)(H,22,23,24). The fourth-order valence-electron chi connectivity index (χ4n) is 2.23. The minimum Gasteiger partial charge on any atom is -0.355 e. The van der Waals surface area contributed by atoms with E-state index in [-0.39, 0.29) is 18.4 Å². The molecule has 0 spiro atoms. The van der Waals surface area contributed by atoms with Gasteiger partial charge in [-0.05, 0) is 19.8 Å². The van der Waals surface area contributed by atoms with Crippen LogP contribution < -0.4 is 10.6 Å². The summed E-state index contributed by atoms with van der Waals surface area (Å²) in [4.78, 5) is 22.7. The third kappa shape index (κ3) is 17.2. The number of hydrogen-bond donors (Lipinski definition) is 3. The van der Waals surface area contributed by atoms with Crippen LogP contribution in [0.15, 0.2) is 12.2 Å². The molecule has 0 heterocycles. The molecular formula is C17H32N2O5S. The van der Waals surface area contributed by atoms with Crippen molar-refractivity contribution in [3.8, 4) is 0 Å². The summed E-state index contributed by atoms with van der Waals surface area (Å²) in [6.45, 7) is 5.92. The highest BCUT2D eigenvalue weighted by molar-refractivity contribution is 7.85. The van der Waals surface area contributed by atoms with Crippen LogP contribution in [0.1, 0.15) is 64.7 Å². The number of amides is 2. The fraction of sp³-hybridized carbons (Fsp3) is 0.765. The molecule has 0 aliphatic heterocycles. The molecular weight excluding hydrogens is 344 g/mol. The molecule has 0 saturated carbocycles. The van der Waals surface area contributed by atoms with Gasteiger partial charge in [-0.3, -0.25) is 14.1 Å². The van der Waals surface area contributed by atoms with Crippen molar-refractivity contribution in [3.63, 3.8) is 0 Å². The predicted molar refractivity (Wildman–Crippen MR) is 98.8 cm³/mol. The van der Waals surface area contributed by atoms with Crippen LogP contribution in [-0.2, 0) is 19.7 Å². The van der Waals surface area contributed by atoms with Crippen molar-refractivity contribution in [1.29, 1.82) is 0 Å². The molecule has 0 aliphatic rings. The smallest absolute Gasteiger partial charge is 0.266 e. The fourth-order valence-corrected chi connectivity index (χ4v) is 2.59. The summed E-state index contributed by atoms with van der Waals surface area (Å²) in [7, 11) is -4.01. The second-order valence-electron chi connectivity index (χ2n) is 6.25. The van der Waals surface area contributed by atoms with Crippen LogP contribution >= 0.6 is 0 Å². The maximum absolute atomic E-state index is 11.4. The molecule has 0 atom stereocenters. The van der Waals surface area contributed by atoms with Gasteiger partial charge in [0.15, 0.2) is 0 Å². The van der Waals surface area contributed by atoms with E-state index in [1.54, 1.807) is 6.92 Å². The van der Waals surface area contributed by atoms with Crippen molar-refractivity contribution in [1.82, 2.24) is 10.6 Å². The topological polar surface area (TPSA) is 113 Å². The van der Waals surface area contributed by atoms with Crippen LogP contribution in [-0.4, -0.2) is 43.6 Å². The lowest BCUT2D eigenvalue weighted by atomic mass is 10.1. The first kappa shape index (κ1) is 23.6. The molecule has 0 aromatic rings. The van der Waals surface area contributed by atoms with Crippen LogP contribution in [0.4, 0.5) is 0 Å². The summed E-state index contributed by atoms with van der Waals surface area (Å²) in [6.07, 6.45) is 8.69. The summed E-state index contributed by atoms with van der Waals surface area (Å²) in [5.74, 6) is -0.710. The highest BCUT2D eigenvalue weighted by Crippen LogP contribution is 2.09. The van der Waals surface area contributed by atoms with Crippen molar-refractivity contribution in [2.45, 2.75) is 64.7 Å². The summed E-state index contributed by atoms with van der Waals surface area (Å²) in [5, 5.41) is 5.28. The van der Waals surface area contributed by atoms with E-state index >= 15 is 0 Å². The van der Waals surface area contributed by atoms with E-state index in [4.69, 9.17) is 4.55 Å². The average molecular weight is 377 g/mol. The molecule has 0 bridgehead atoms. The largest absolute Gasteiger partial charge is 0.355 e. The quantitative estimate of drug-likeness (QED) is 0.230.